The average molecular weight is 398 g/mol. The van der Waals surface area contributed by atoms with E-state index in [0.717, 1.165) is 23.7 Å². The number of nitrogens with one attached hydrogen (secondary N) is 1. The maximum absolute atomic E-state index is 6.06. The van der Waals surface area contributed by atoms with Crippen LogP contribution in [0.4, 0.5) is 5.69 Å². The highest BCUT2D eigenvalue weighted by Gasteiger charge is 2.18. The highest BCUT2D eigenvalue weighted by molar-refractivity contribution is 6.30. The summed E-state index contributed by atoms with van der Waals surface area (Å²) in [4.78, 5) is 6.37. The second-order valence-corrected chi connectivity index (χ2v) is 7.34. The van der Waals surface area contributed by atoms with Crippen molar-refractivity contribution in [3.63, 3.8) is 0 Å². The van der Waals surface area contributed by atoms with Gasteiger partial charge in [-0.15, -0.1) is 0 Å². The number of hydrogen-bond acceptors (Lipinski definition) is 5. The first-order valence-electron chi connectivity index (χ1n) is 9.59. The van der Waals surface area contributed by atoms with Crippen molar-refractivity contribution in [1.29, 1.82) is 0 Å². The molecule has 2 atom stereocenters. The fourth-order valence-corrected chi connectivity index (χ4v) is 3.43. The Morgan fingerprint density at radius 3 is 2.79 bits per heavy atom. The van der Waals surface area contributed by atoms with Crippen molar-refractivity contribution in [2.75, 3.05) is 18.1 Å². The third-order valence-electron chi connectivity index (χ3n) is 4.85. The van der Waals surface area contributed by atoms with Crippen LogP contribution in [0.1, 0.15) is 18.5 Å². The van der Waals surface area contributed by atoms with E-state index in [9.17, 15) is 0 Å². The van der Waals surface area contributed by atoms with Crippen molar-refractivity contribution in [2.24, 2.45) is 0 Å². The van der Waals surface area contributed by atoms with Gasteiger partial charge in [0.25, 0.3) is 0 Å². The lowest BCUT2D eigenvalue weighted by atomic mass is 10.2. The van der Waals surface area contributed by atoms with Crippen LogP contribution in [-0.4, -0.2) is 30.4 Å². The predicted octanol–water partition coefficient (Wildman–Crippen LogP) is 4.30. The van der Waals surface area contributed by atoms with Gasteiger partial charge in [-0.3, -0.25) is 4.98 Å². The standard InChI is InChI=1S/C22H24ClN3O2/c23-17-6-7-19(25-14-17)16-28-22-5-1-2-13-26(22)20-8-10-21(11-9-20)27-15-18-4-3-12-24-18/h1-2,5-11,13-14,18,22,24H,3-4,12,15-16H2/t18-,22?/m1/s1. The van der Waals surface area contributed by atoms with Gasteiger partial charge in [0, 0.05) is 24.1 Å². The Kier molecular flexibility index (Phi) is 6.27. The Morgan fingerprint density at radius 2 is 2.04 bits per heavy atom. The van der Waals surface area contributed by atoms with Crippen LogP contribution in [-0.2, 0) is 11.3 Å². The van der Waals surface area contributed by atoms with E-state index in [1.54, 1.807) is 6.20 Å². The summed E-state index contributed by atoms with van der Waals surface area (Å²) in [6.07, 6.45) is 11.9. The molecule has 28 heavy (non-hydrogen) atoms. The summed E-state index contributed by atoms with van der Waals surface area (Å²) in [5, 5.41) is 4.07. The summed E-state index contributed by atoms with van der Waals surface area (Å²) in [5.41, 5.74) is 1.89. The van der Waals surface area contributed by atoms with E-state index in [4.69, 9.17) is 21.1 Å². The van der Waals surface area contributed by atoms with E-state index in [2.05, 4.69) is 27.3 Å². The van der Waals surface area contributed by atoms with Crippen molar-refractivity contribution in [3.05, 3.63) is 77.7 Å². The van der Waals surface area contributed by atoms with Crippen molar-refractivity contribution in [3.8, 4) is 5.75 Å². The topological polar surface area (TPSA) is 46.6 Å². The number of ether oxygens (including phenoxy) is 2. The Balaban J connectivity index is 1.36. The summed E-state index contributed by atoms with van der Waals surface area (Å²) >= 11 is 5.89. The van der Waals surface area contributed by atoms with Gasteiger partial charge in [-0.2, -0.15) is 0 Å². The first kappa shape index (κ1) is 19.0. The summed E-state index contributed by atoms with van der Waals surface area (Å²) < 4.78 is 12.0. The molecule has 0 radical (unpaired) electrons. The maximum Gasteiger partial charge on any atom is 0.154 e. The molecule has 1 saturated heterocycles. The van der Waals surface area contributed by atoms with Crippen LogP contribution in [0.2, 0.25) is 5.02 Å². The predicted molar refractivity (Wildman–Crippen MR) is 112 cm³/mol. The first-order chi connectivity index (χ1) is 13.8. The molecular formula is C22H24ClN3O2. The zero-order chi connectivity index (χ0) is 19.2. The van der Waals surface area contributed by atoms with Crippen LogP contribution < -0.4 is 15.0 Å². The molecule has 2 aromatic rings. The minimum atomic E-state index is -0.197. The van der Waals surface area contributed by atoms with Crippen LogP contribution in [0, 0.1) is 0 Å². The molecule has 1 aromatic heterocycles. The minimum absolute atomic E-state index is 0.197. The zero-order valence-corrected chi connectivity index (χ0v) is 16.4. The molecule has 4 rings (SSSR count). The van der Waals surface area contributed by atoms with E-state index >= 15 is 0 Å². The van der Waals surface area contributed by atoms with E-state index < -0.39 is 0 Å². The molecule has 0 bridgehead atoms. The average Bonchev–Trinajstić information content (AvgIpc) is 3.26. The lowest BCUT2D eigenvalue weighted by Gasteiger charge is -2.30. The molecule has 0 saturated carbocycles. The van der Waals surface area contributed by atoms with Gasteiger partial charge < -0.3 is 19.7 Å². The fourth-order valence-electron chi connectivity index (χ4n) is 3.32. The number of aromatic nitrogens is 1. The van der Waals surface area contributed by atoms with E-state index in [1.807, 2.05) is 48.7 Å². The van der Waals surface area contributed by atoms with Crippen molar-refractivity contribution in [2.45, 2.75) is 31.7 Å². The van der Waals surface area contributed by atoms with Gasteiger partial charge in [0.15, 0.2) is 6.23 Å². The molecule has 1 aromatic carbocycles. The first-order valence-corrected chi connectivity index (χ1v) is 9.97. The number of pyridine rings is 1. The monoisotopic (exact) mass is 397 g/mol. The van der Waals surface area contributed by atoms with Crippen LogP contribution in [0.5, 0.6) is 5.75 Å². The van der Waals surface area contributed by atoms with E-state index in [0.29, 0.717) is 24.3 Å². The Bertz CT molecular complexity index is 815. The summed E-state index contributed by atoms with van der Waals surface area (Å²) in [7, 11) is 0. The molecule has 1 N–H and O–H groups in total. The molecule has 3 heterocycles. The van der Waals surface area contributed by atoms with Gasteiger partial charge in [0.05, 0.1) is 17.3 Å². The number of hydrogen-bond donors (Lipinski definition) is 1. The number of anilines is 1. The second kappa shape index (κ2) is 9.24. The molecule has 1 unspecified atom stereocenters. The number of benzene rings is 1. The minimum Gasteiger partial charge on any atom is -0.492 e. The summed E-state index contributed by atoms with van der Waals surface area (Å²) in [6, 6.07) is 12.3. The van der Waals surface area contributed by atoms with Crippen LogP contribution in [0.3, 0.4) is 0 Å². The smallest absolute Gasteiger partial charge is 0.154 e. The molecular weight excluding hydrogens is 374 g/mol. The summed E-state index contributed by atoms with van der Waals surface area (Å²) in [6.45, 7) is 2.21. The lowest BCUT2D eigenvalue weighted by molar-refractivity contribution is 0.0724. The van der Waals surface area contributed by atoms with Gasteiger partial charge in [-0.1, -0.05) is 17.7 Å². The Hall–Kier alpha value is -2.34. The van der Waals surface area contributed by atoms with Gasteiger partial charge in [-0.25, -0.2) is 0 Å². The Morgan fingerprint density at radius 1 is 1.14 bits per heavy atom. The third kappa shape index (κ3) is 4.93. The van der Waals surface area contributed by atoms with Crippen LogP contribution >= 0.6 is 11.6 Å². The molecule has 0 amide bonds. The number of nitrogens with zero attached hydrogens (tertiary/aromatic N) is 2. The Labute approximate surface area is 170 Å². The lowest BCUT2D eigenvalue weighted by Crippen LogP contribution is -2.32. The van der Waals surface area contributed by atoms with Crippen LogP contribution in [0.15, 0.2) is 67.0 Å². The molecule has 146 valence electrons. The molecule has 6 heteroatoms. The number of rotatable bonds is 7. The van der Waals surface area contributed by atoms with E-state index in [1.165, 1.54) is 12.8 Å². The fraction of sp³-hybridized carbons (Fsp3) is 0.318. The molecule has 0 aliphatic carbocycles. The molecule has 1 fully saturated rings. The normalized spacial score (nSPS) is 21.2. The van der Waals surface area contributed by atoms with Crippen molar-refractivity contribution in [1.82, 2.24) is 10.3 Å². The van der Waals surface area contributed by atoms with Crippen molar-refractivity contribution < 1.29 is 9.47 Å². The third-order valence-corrected chi connectivity index (χ3v) is 5.07. The van der Waals surface area contributed by atoms with Gasteiger partial charge in [0.2, 0.25) is 0 Å². The number of allylic oxidation sites excluding steroid dienone is 2. The van der Waals surface area contributed by atoms with Crippen molar-refractivity contribution >= 4 is 17.3 Å². The number of halogens is 1. The SMILES string of the molecule is Clc1ccc(COC2C=CC=CN2c2ccc(OC[C@H]3CCCN3)cc2)nc1. The zero-order valence-electron chi connectivity index (χ0n) is 15.6. The quantitative estimate of drug-likeness (QED) is 0.754. The molecule has 2 aliphatic rings. The van der Waals surface area contributed by atoms with Gasteiger partial charge in [-0.05, 0) is 67.9 Å². The summed E-state index contributed by atoms with van der Waals surface area (Å²) in [5.74, 6) is 0.886. The molecule has 2 aliphatic heterocycles. The van der Waals surface area contributed by atoms with E-state index in [-0.39, 0.29) is 6.23 Å². The largest absolute Gasteiger partial charge is 0.492 e. The van der Waals surface area contributed by atoms with Crippen LogP contribution in [0.25, 0.3) is 0 Å². The maximum atomic E-state index is 6.06. The highest BCUT2D eigenvalue weighted by Crippen LogP contribution is 2.25. The second-order valence-electron chi connectivity index (χ2n) is 6.90. The highest BCUT2D eigenvalue weighted by atomic mass is 35.5. The van der Waals surface area contributed by atoms with Gasteiger partial charge in [0.1, 0.15) is 12.4 Å². The van der Waals surface area contributed by atoms with Gasteiger partial charge >= 0.3 is 0 Å². The molecule has 5 nitrogen and oxygen atoms in total. The molecule has 0 spiro atoms.